The highest BCUT2D eigenvalue weighted by Crippen LogP contribution is 2.24. The van der Waals surface area contributed by atoms with Crippen LogP contribution in [0.2, 0.25) is 0 Å². The molecule has 2 N–H and O–H groups in total. The first-order valence-corrected chi connectivity index (χ1v) is 7.87. The minimum absolute atomic E-state index is 0.277. The number of benzene rings is 1. The number of aryl methyl sites for hydroxylation is 1. The lowest BCUT2D eigenvalue weighted by molar-refractivity contribution is -0.142. The topological polar surface area (TPSA) is 78.4 Å². The second-order valence-corrected chi connectivity index (χ2v) is 5.92. The van der Waals surface area contributed by atoms with Gasteiger partial charge in [-0.05, 0) is 44.0 Å². The molecule has 0 aliphatic carbocycles. The van der Waals surface area contributed by atoms with Crippen LogP contribution in [0.15, 0.2) is 30.3 Å². The Morgan fingerprint density at radius 3 is 2.54 bits per heavy atom. The maximum Gasteiger partial charge on any atom is 0.306 e. The average Bonchev–Trinajstić information content (AvgIpc) is 2.56. The molecule has 24 heavy (non-hydrogen) atoms. The number of hydrogen-bond donors (Lipinski definition) is 2. The van der Waals surface area contributed by atoms with E-state index < -0.39 is 5.97 Å². The molecule has 0 radical (unpaired) electrons. The fourth-order valence-electron chi connectivity index (χ4n) is 2.79. The molecule has 126 valence electrons. The Morgan fingerprint density at radius 2 is 1.92 bits per heavy atom. The maximum absolute atomic E-state index is 13.0. The zero-order chi connectivity index (χ0) is 17.1. The number of aliphatic carboxylic acids is 1. The zero-order valence-corrected chi connectivity index (χ0v) is 13.4. The Bertz CT molecular complexity index is 728. The fraction of sp³-hybridized carbons (Fsp3) is 0.353. The number of piperidine rings is 1. The van der Waals surface area contributed by atoms with Crippen LogP contribution in [0, 0.1) is 18.7 Å². The molecule has 0 atom stereocenters. The van der Waals surface area contributed by atoms with Gasteiger partial charge in [0.25, 0.3) is 0 Å². The summed E-state index contributed by atoms with van der Waals surface area (Å²) >= 11 is 0. The molecule has 0 spiro atoms. The van der Waals surface area contributed by atoms with Gasteiger partial charge in [0.05, 0.1) is 5.92 Å². The van der Waals surface area contributed by atoms with Gasteiger partial charge in [-0.25, -0.2) is 9.37 Å². The Hall–Kier alpha value is -2.70. The number of aromatic nitrogens is 2. The van der Waals surface area contributed by atoms with Gasteiger partial charge in [0.2, 0.25) is 5.95 Å². The lowest BCUT2D eigenvalue weighted by atomic mass is 9.97. The largest absolute Gasteiger partial charge is 0.481 e. The van der Waals surface area contributed by atoms with Crippen molar-refractivity contribution in [2.45, 2.75) is 19.8 Å². The van der Waals surface area contributed by atoms with E-state index in [1.165, 1.54) is 12.1 Å². The van der Waals surface area contributed by atoms with Gasteiger partial charge in [0.1, 0.15) is 11.6 Å². The van der Waals surface area contributed by atoms with Crippen molar-refractivity contribution in [1.82, 2.24) is 9.97 Å². The summed E-state index contributed by atoms with van der Waals surface area (Å²) < 4.78 is 13.0. The fourth-order valence-corrected chi connectivity index (χ4v) is 2.79. The molecule has 1 aliphatic heterocycles. The van der Waals surface area contributed by atoms with Gasteiger partial charge in [-0.3, -0.25) is 4.79 Å². The van der Waals surface area contributed by atoms with E-state index in [-0.39, 0.29) is 11.7 Å². The molecular weight excluding hydrogens is 311 g/mol. The van der Waals surface area contributed by atoms with Crippen molar-refractivity contribution < 1.29 is 14.3 Å². The van der Waals surface area contributed by atoms with Crippen LogP contribution in [0.1, 0.15) is 18.5 Å². The summed E-state index contributed by atoms with van der Waals surface area (Å²) in [5.41, 5.74) is 1.52. The predicted octanol–water partition coefficient (Wildman–Crippen LogP) is 2.97. The summed E-state index contributed by atoms with van der Waals surface area (Å²) in [4.78, 5) is 22.0. The second kappa shape index (κ2) is 6.82. The van der Waals surface area contributed by atoms with Gasteiger partial charge >= 0.3 is 5.97 Å². The summed E-state index contributed by atoms with van der Waals surface area (Å²) in [6.07, 6.45) is 1.22. The molecule has 0 amide bonds. The third-order valence-electron chi connectivity index (χ3n) is 4.11. The number of rotatable bonds is 4. The van der Waals surface area contributed by atoms with E-state index >= 15 is 0 Å². The van der Waals surface area contributed by atoms with Crippen molar-refractivity contribution in [3.8, 4) is 0 Å². The lowest BCUT2D eigenvalue weighted by Gasteiger charge is -2.31. The van der Waals surface area contributed by atoms with Crippen LogP contribution < -0.4 is 10.2 Å². The van der Waals surface area contributed by atoms with Crippen LogP contribution in [-0.2, 0) is 4.79 Å². The van der Waals surface area contributed by atoms with Crippen molar-refractivity contribution in [2.75, 3.05) is 23.3 Å². The van der Waals surface area contributed by atoms with Crippen molar-refractivity contribution in [3.63, 3.8) is 0 Å². The Labute approximate surface area is 139 Å². The number of nitrogens with one attached hydrogen (secondary N) is 1. The molecule has 3 rings (SSSR count). The smallest absolute Gasteiger partial charge is 0.306 e. The third-order valence-corrected chi connectivity index (χ3v) is 4.11. The SMILES string of the molecule is Cc1cc(N2CCC(C(=O)O)CC2)nc(Nc2ccc(F)cc2)n1. The van der Waals surface area contributed by atoms with Gasteiger partial charge in [-0.2, -0.15) is 4.98 Å². The molecule has 2 heterocycles. The van der Waals surface area contributed by atoms with Crippen LogP contribution in [-0.4, -0.2) is 34.1 Å². The zero-order valence-electron chi connectivity index (χ0n) is 13.4. The number of anilines is 3. The molecule has 2 aromatic rings. The number of carboxylic acid groups (broad SMARTS) is 1. The number of halogens is 1. The monoisotopic (exact) mass is 330 g/mol. The van der Waals surface area contributed by atoms with Gasteiger partial charge in [0, 0.05) is 30.5 Å². The minimum Gasteiger partial charge on any atom is -0.481 e. The molecular formula is C17H19FN4O2. The predicted molar refractivity (Wildman–Crippen MR) is 89.0 cm³/mol. The van der Waals surface area contributed by atoms with Gasteiger partial charge < -0.3 is 15.3 Å². The van der Waals surface area contributed by atoms with E-state index in [1.807, 2.05) is 13.0 Å². The summed E-state index contributed by atoms with van der Waals surface area (Å²) in [5, 5.41) is 12.2. The average molecular weight is 330 g/mol. The molecule has 1 fully saturated rings. The van der Waals surface area contributed by atoms with Crippen LogP contribution in [0.3, 0.4) is 0 Å². The summed E-state index contributed by atoms with van der Waals surface area (Å²) in [6, 6.07) is 7.88. The van der Waals surface area contributed by atoms with E-state index in [2.05, 4.69) is 20.2 Å². The van der Waals surface area contributed by atoms with Crippen molar-refractivity contribution in [2.24, 2.45) is 5.92 Å². The number of hydrogen-bond acceptors (Lipinski definition) is 5. The normalized spacial score (nSPS) is 15.3. The molecule has 6 nitrogen and oxygen atoms in total. The van der Waals surface area contributed by atoms with Crippen LogP contribution >= 0.6 is 0 Å². The highest BCUT2D eigenvalue weighted by Gasteiger charge is 2.25. The minimum atomic E-state index is -0.729. The molecule has 1 aromatic heterocycles. The molecule has 1 aliphatic rings. The van der Waals surface area contributed by atoms with Crippen molar-refractivity contribution in [1.29, 1.82) is 0 Å². The lowest BCUT2D eigenvalue weighted by Crippen LogP contribution is -2.36. The van der Waals surface area contributed by atoms with Gasteiger partial charge in [0.15, 0.2) is 0 Å². The maximum atomic E-state index is 13.0. The van der Waals surface area contributed by atoms with E-state index in [1.54, 1.807) is 12.1 Å². The van der Waals surface area contributed by atoms with E-state index in [0.29, 0.717) is 37.6 Å². The molecule has 0 bridgehead atoms. The quantitative estimate of drug-likeness (QED) is 0.897. The molecule has 0 unspecified atom stereocenters. The van der Waals surface area contributed by atoms with Crippen LogP contribution in [0.4, 0.5) is 21.8 Å². The molecule has 0 saturated carbocycles. The highest BCUT2D eigenvalue weighted by molar-refractivity contribution is 5.70. The first-order valence-electron chi connectivity index (χ1n) is 7.87. The molecule has 7 heteroatoms. The number of nitrogens with zero attached hydrogens (tertiary/aromatic N) is 3. The third kappa shape index (κ3) is 3.79. The van der Waals surface area contributed by atoms with Crippen LogP contribution in [0.25, 0.3) is 0 Å². The standard InChI is InChI=1S/C17H19FN4O2/c1-11-10-15(22-8-6-12(7-9-22)16(23)24)21-17(19-11)20-14-4-2-13(18)3-5-14/h2-5,10,12H,6-9H2,1H3,(H,23,24)(H,19,20,21). The van der Waals surface area contributed by atoms with E-state index in [9.17, 15) is 9.18 Å². The van der Waals surface area contributed by atoms with E-state index in [4.69, 9.17) is 5.11 Å². The van der Waals surface area contributed by atoms with Gasteiger partial charge in [-0.1, -0.05) is 0 Å². The van der Waals surface area contributed by atoms with Crippen LogP contribution in [0.5, 0.6) is 0 Å². The number of carbonyl (C=O) groups is 1. The number of carboxylic acids is 1. The van der Waals surface area contributed by atoms with E-state index in [0.717, 1.165) is 11.5 Å². The Kier molecular flexibility index (Phi) is 4.59. The summed E-state index contributed by atoms with van der Waals surface area (Å²) in [7, 11) is 0. The summed E-state index contributed by atoms with van der Waals surface area (Å²) in [5.74, 6) is -0.0891. The highest BCUT2D eigenvalue weighted by atomic mass is 19.1. The Balaban J connectivity index is 1.74. The second-order valence-electron chi connectivity index (χ2n) is 5.92. The Morgan fingerprint density at radius 1 is 1.25 bits per heavy atom. The van der Waals surface area contributed by atoms with Gasteiger partial charge in [-0.15, -0.1) is 0 Å². The van der Waals surface area contributed by atoms with Crippen molar-refractivity contribution in [3.05, 3.63) is 41.8 Å². The molecule has 1 aromatic carbocycles. The molecule has 1 saturated heterocycles. The first-order chi connectivity index (χ1) is 11.5. The first kappa shape index (κ1) is 16.2. The summed E-state index contributed by atoms with van der Waals surface area (Å²) in [6.45, 7) is 3.19. The van der Waals surface area contributed by atoms with Crippen molar-refractivity contribution >= 4 is 23.4 Å².